The molecule has 3 nitrogen and oxygen atoms in total. The molecule has 0 spiro atoms. The van der Waals surface area contributed by atoms with Gasteiger partial charge in [0, 0.05) is 6.42 Å². The molecule has 0 aliphatic rings. The number of halogens is 2. The zero-order valence-electron chi connectivity index (χ0n) is 13.6. The minimum absolute atomic E-state index is 0.0188. The monoisotopic (exact) mass is 336 g/mol. The Labute approximate surface area is 140 Å². The number of aliphatic hydroxyl groups is 1. The molecule has 2 rings (SSSR count). The minimum Gasteiger partial charge on any atom is -0.493 e. The maximum absolute atomic E-state index is 12.1. The summed E-state index contributed by atoms with van der Waals surface area (Å²) in [4.78, 5) is 0. The second kappa shape index (κ2) is 9.23. The van der Waals surface area contributed by atoms with E-state index in [0.717, 1.165) is 23.3 Å². The molecule has 0 saturated carbocycles. The van der Waals surface area contributed by atoms with Gasteiger partial charge in [0.25, 0.3) is 0 Å². The van der Waals surface area contributed by atoms with Crippen LogP contribution in [0.1, 0.15) is 24.5 Å². The average Bonchev–Trinajstić information content (AvgIpc) is 2.55. The van der Waals surface area contributed by atoms with Gasteiger partial charge >= 0.3 is 0 Å². The van der Waals surface area contributed by atoms with Gasteiger partial charge in [0.2, 0.25) is 6.43 Å². The Hall–Kier alpha value is -2.14. The zero-order chi connectivity index (χ0) is 17.4. The Kier molecular flexibility index (Phi) is 7.00. The topological polar surface area (TPSA) is 38.7 Å². The molecule has 0 aromatic heterocycles. The van der Waals surface area contributed by atoms with Crippen molar-refractivity contribution in [3.05, 3.63) is 59.7 Å². The van der Waals surface area contributed by atoms with Crippen LogP contribution in [-0.2, 0) is 6.42 Å². The number of alkyl halides is 2. The molecule has 0 heterocycles. The highest BCUT2D eigenvalue weighted by Gasteiger charge is 2.03. The maximum Gasteiger partial charge on any atom is 0.241 e. The molecule has 130 valence electrons. The number of ether oxygens (including phenoxy) is 2. The summed E-state index contributed by atoms with van der Waals surface area (Å²) in [5.74, 6) is 1.32. The van der Waals surface area contributed by atoms with Crippen molar-refractivity contribution >= 4 is 0 Å². The van der Waals surface area contributed by atoms with Gasteiger partial charge in [-0.2, -0.15) is 0 Å². The van der Waals surface area contributed by atoms with Crippen molar-refractivity contribution < 1.29 is 23.4 Å². The summed E-state index contributed by atoms with van der Waals surface area (Å²) in [6.45, 7) is 1.96. The van der Waals surface area contributed by atoms with Gasteiger partial charge in [-0.1, -0.05) is 24.3 Å². The first-order valence-electron chi connectivity index (χ1n) is 7.92. The van der Waals surface area contributed by atoms with Crippen LogP contribution in [0, 0.1) is 0 Å². The van der Waals surface area contributed by atoms with Crippen LogP contribution >= 0.6 is 0 Å². The highest BCUT2D eigenvalue weighted by atomic mass is 19.3. The van der Waals surface area contributed by atoms with Crippen molar-refractivity contribution in [3.8, 4) is 11.5 Å². The van der Waals surface area contributed by atoms with Gasteiger partial charge in [-0.25, -0.2) is 8.78 Å². The van der Waals surface area contributed by atoms with Crippen LogP contribution in [-0.4, -0.2) is 30.8 Å². The summed E-state index contributed by atoms with van der Waals surface area (Å²) in [6.07, 6.45) is -2.33. The average molecular weight is 336 g/mol. The molecule has 0 aliphatic carbocycles. The standard InChI is InChI=1S/C19H22F2O3/c1-14(22)13-24-18-8-4-16(5-9-18)12-15-2-6-17(7-3-15)23-11-10-19(20)21/h2-9,14,19,22H,10-13H2,1H3. The van der Waals surface area contributed by atoms with Gasteiger partial charge in [0.05, 0.1) is 12.7 Å². The van der Waals surface area contributed by atoms with Crippen molar-refractivity contribution in [1.82, 2.24) is 0 Å². The predicted octanol–water partition coefficient (Wildman–Crippen LogP) is 4.07. The van der Waals surface area contributed by atoms with Crippen LogP contribution in [0.25, 0.3) is 0 Å². The highest BCUT2D eigenvalue weighted by molar-refractivity contribution is 5.34. The fraction of sp³-hybridized carbons (Fsp3) is 0.368. The van der Waals surface area contributed by atoms with Gasteiger partial charge in [0.15, 0.2) is 0 Å². The first-order chi connectivity index (χ1) is 11.5. The molecule has 2 aromatic rings. The molecule has 0 radical (unpaired) electrons. The fourth-order valence-corrected chi connectivity index (χ4v) is 2.13. The van der Waals surface area contributed by atoms with Crippen molar-refractivity contribution in [2.24, 2.45) is 0 Å². The molecule has 0 saturated heterocycles. The second-order valence-electron chi connectivity index (χ2n) is 5.65. The Morgan fingerprint density at radius 3 is 1.83 bits per heavy atom. The summed E-state index contributed by atoms with van der Waals surface area (Å²) in [5.41, 5.74) is 2.24. The summed E-state index contributed by atoms with van der Waals surface area (Å²) >= 11 is 0. The molecule has 1 unspecified atom stereocenters. The lowest BCUT2D eigenvalue weighted by Gasteiger charge is -2.09. The minimum atomic E-state index is -2.34. The lowest BCUT2D eigenvalue weighted by molar-refractivity contribution is 0.114. The molecule has 2 aromatic carbocycles. The summed E-state index contributed by atoms with van der Waals surface area (Å²) in [7, 11) is 0. The van der Waals surface area contributed by atoms with Crippen LogP contribution < -0.4 is 9.47 Å². The third-order valence-electron chi connectivity index (χ3n) is 3.35. The van der Waals surface area contributed by atoms with Gasteiger partial charge in [-0.3, -0.25) is 0 Å². The Morgan fingerprint density at radius 1 is 0.875 bits per heavy atom. The van der Waals surface area contributed by atoms with Gasteiger partial charge in [-0.15, -0.1) is 0 Å². The quantitative estimate of drug-likeness (QED) is 0.750. The third-order valence-corrected chi connectivity index (χ3v) is 3.35. The van der Waals surface area contributed by atoms with E-state index in [-0.39, 0.29) is 19.6 Å². The van der Waals surface area contributed by atoms with Gasteiger partial charge in [0.1, 0.15) is 18.1 Å². The normalized spacial score (nSPS) is 12.2. The van der Waals surface area contributed by atoms with Crippen molar-refractivity contribution in [1.29, 1.82) is 0 Å². The number of hydrogen-bond acceptors (Lipinski definition) is 3. The van der Waals surface area contributed by atoms with Gasteiger partial charge in [-0.05, 0) is 48.7 Å². The molecule has 0 aliphatic heterocycles. The van der Waals surface area contributed by atoms with E-state index in [1.54, 1.807) is 19.1 Å². The summed E-state index contributed by atoms with van der Waals surface area (Å²) < 4.78 is 34.8. The number of benzene rings is 2. The Balaban J connectivity index is 1.84. The van der Waals surface area contributed by atoms with E-state index in [9.17, 15) is 13.9 Å². The molecule has 24 heavy (non-hydrogen) atoms. The van der Waals surface area contributed by atoms with Crippen molar-refractivity contribution in [2.75, 3.05) is 13.2 Å². The zero-order valence-corrected chi connectivity index (χ0v) is 13.6. The first-order valence-corrected chi connectivity index (χ1v) is 7.92. The van der Waals surface area contributed by atoms with Crippen molar-refractivity contribution in [2.45, 2.75) is 32.3 Å². The predicted molar refractivity (Wildman–Crippen MR) is 89.0 cm³/mol. The smallest absolute Gasteiger partial charge is 0.241 e. The second-order valence-corrected chi connectivity index (χ2v) is 5.65. The largest absolute Gasteiger partial charge is 0.493 e. The summed E-state index contributed by atoms with van der Waals surface area (Å²) in [6, 6.07) is 15.1. The molecule has 0 amide bonds. The van der Waals surface area contributed by atoms with E-state index in [0.29, 0.717) is 5.75 Å². The van der Waals surface area contributed by atoms with Crippen molar-refractivity contribution in [3.63, 3.8) is 0 Å². The maximum atomic E-state index is 12.1. The number of rotatable bonds is 9. The molecule has 1 N–H and O–H groups in total. The number of hydrogen-bond donors (Lipinski definition) is 1. The summed E-state index contributed by atoms with van der Waals surface area (Å²) in [5, 5.41) is 9.19. The van der Waals surface area contributed by atoms with E-state index in [4.69, 9.17) is 9.47 Å². The van der Waals surface area contributed by atoms with E-state index in [1.807, 2.05) is 36.4 Å². The molecule has 0 fully saturated rings. The molecule has 5 heteroatoms. The Bertz CT molecular complexity index is 595. The van der Waals surface area contributed by atoms with Crippen LogP contribution in [0.15, 0.2) is 48.5 Å². The van der Waals surface area contributed by atoms with E-state index in [2.05, 4.69) is 0 Å². The fourth-order valence-electron chi connectivity index (χ4n) is 2.13. The van der Waals surface area contributed by atoms with E-state index < -0.39 is 12.5 Å². The van der Waals surface area contributed by atoms with E-state index >= 15 is 0 Å². The lowest BCUT2D eigenvalue weighted by Crippen LogP contribution is -2.12. The Morgan fingerprint density at radius 2 is 1.38 bits per heavy atom. The van der Waals surface area contributed by atoms with Crippen LogP contribution in [0.2, 0.25) is 0 Å². The van der Waals surface area contributed by atoms with Gasteiger partial charge < -0.3 is 14.6 Å². The van der Waals surface area contributed by atoms with Crippen LogP contribution in [0.4, 0.5) is 8.78 Å². The molecule has 0 bridgehead atoms. The van der Waals surface area contributed by atoms with E-state index in [1.165, 1.54) is 0 Å². The number of aliphatic hydroxyl groups excluding tert-OH is 1. The van der Waals surface area contributed by atoms with Crippen LogP contribution in [0.3, 0.4) is 0 Å². The lowest BCUT2D eigenvalue weighted by atomic mass is 10.0. The molecule has 1 atom stereocenters. The SMILES string of the molecule is CC(O)COc1ccc(Cc2ccc(OCCC(F)F)cc2)cc1. The third kappa shape index (κ3) is 6.54. The first kappa shape index (κ1) is 18.2. The molecular formula is C19H22F2O3. The van der Waals surface area contributed by atoms with Crippen LogP contribution in [0.5, 0.6) is 11.5 Å². The highest BCUT2D eigenvalue weighted by Crippen LogP contribution is 2.18. The molecular weight excluding hydrogens is 314 g/mol.